The second-order valence-electron chi connectivity index (χ2n) is 8.88. The lowest BCUT2D eigenvalue weighted by molar-refractivity contribution is -0.126. The molecule has 1 amide bonds. The summed E-state index contributed by atoms with van der Waals surface area (Å²) in [6.45, 7) is 7.90. The fourth-order valence-corrected chi connectivity index (χ4v) is 3.96. The molecule has 0 saturated carbocycles. The Balaban J connectivity index is 1.83. The SMILES string of the molecule is COc1ccc([C@H]2C[C@H](c3ccc(C)cc3)N(C(=O)C(C)(C)C)c3ncnn32)cc1. The summed E-state index contributed by atoms with van der Waals surface area (Å²) in [7, 11) is 1.66. The van der Waals surface area contributed by atoms with Crippen molar-refractivity contribution in [3.63, 3.8) is 0 Å². The van der Waals surface area contributed by atoms with Crippen molar-refractivity contribution in [1.29, 1.82) is 0 Å². The summed E-state index contributed by atoms with van der Waals surface area (Å²) < 4.78 is 7.18. The van der Waals surface area contributed by atoms with E-state index in [4.69, 9.17) is 4.74 Å². The van der Waals surface area contributed by atoms with Crippen molar-refractivity contribution in [2.45, 2.75) is 46.2 Å². The molecule has 0 spiro atoms. The zero-order chi connectivity index (χ0) is 21.5. The number of ether oxygens (including phenoxy) is 1. The molecule has 1 aliphatic rings. The Hall–Kier alpha value is -3.15. The van der Waals surface area contributed by atoms with Gasteiger partial charge in [-0.3, -0.25) is 9.69 Å². The van der Waals surface area contributed by atoms with Gasteiger partial charge in [-0.2, -0.15) is 10.1 Å². The van der Waals surface area contributed by atoms with Gasteiger partial charge in [0.1, 0.15) is 12.1 Å². The van der Waals surface area contributed by atoms with Crippen LogP contribution in [0.5, 0.6) is 5.75 Å². The average molecular weight is 405 g/mol. The van der Waals surface area contributed by atoms with Crippen LogP contribution in [-0.2, 0) is 4.79 Å². The lowest BCUT2D eigenvalue weighted by Gasteiger charge is -2.41. The number of anilines is 1. The molecule has 0 N–H and O–H groups in total. The third kappa shape index (κ3) is 3.58. The summed E-state index contributed by atoms with van der Waals surface area (Å²) in [5.41, 5.74) is 2.87. The molecule has 3 aromatic rings. The molecule has 30 heavy (non-hydrogen) atoms. The van der Waals surface area contributed by atoms with Crippen LogP contribution in [0.25, 0.3) is 0 Å². The molecule has 2 heterocycles. The molecule has 6 nitrogen and oxygen atoms in total. The Morgan fingerprint density at radius 3 is 2.20 bits per heavy atom. The molecular weight excluding hydrogens is 376 g/mol. The van der Waals surface area contributed by atoms with E-state index in [1.54, 1.807) is 7.11 Å². The van der Waals surface area contributed by atoms with E-state index in [9.17, 15) is 4.79 Å². The first-order chi connectivity index (χ1) is 14.3. The van der Waals surface area contributed by atoms with Crippen molar-refractivity contribution in [3.05, 3.63) is 71.5 Å². The van der Waals surface area contributed by atoms with Gasteiger partial charge in [0, 0.05) is 5.41 Å². The van der Waals surface area contributed by atoms with E-state index < -0.39 is 5.41 Å². The van der Waals surface area contributed by atoms with Crippen LogP contribution >= 0.6 is 0 Å². The number of benzene rings is 2. The Morgan fingerprint density at radius 2 is 1.60 bits per heavy atom. The lowest BCUT2D eigenvalue weighted by atomic mass is 9.88. The number of carbonyl (C=O) groups excluding carboxylic acids is 1. The standard InChI is InChI=1S/C24H28N4O2/c1-16-6-8-17(9-7-16)20-14-21(18-10-12-19(30-5)13-11-18)28-23(25-15-26-28)27(20)22(29)24(2,3)4/h6-13,15,20-21H,14H2,1-5H3/t20-,21-/m1/s1. The molecule has 0 fully saturated rings. The third-order valence-electron chi connectivity index (χ3n) is 5.65. The van der Waals surface area contributed by atoms with E-state index in [2.05, 4.69) is 53.4 Å². The molecule has 0 bridgehead atoms. The smallest absolute Gasteiger partial charge is 0.235 e. The third-order valence-corrected chi connectivity index (χ3v) is 5.65. The Kier molecular flexibility index (Phi) is 5.10. The first-order valence-electron chi connectivity index (χ1n) is 10.2. The van der Waals surface area contributed by atoms with Crippen molar-refractivity contribution in [3.8, 4) is 5.75 Å². The molecule has 1 aliphatic heterocycles. The minimum atomic E-state index is -0.535. The van der Waals surface area contributed by atoms with Crippen molar-refractivity contribution < 1.29 is 9.53 Å². The van der Waals surface area contributed by atoms with Crippen molar-refractivity contribution in [1.82, 2.24) is 14.8 Å². The summed E-state index contributed by atoms with van der Waals surface area (Å²) in [4.78, 5) is 19.8. The van der Waals surface area contributed by atoms with Gasteiger partial charge in [-0.1, -0.05) is 62.7 Å². The van der Waals surface area contributed by atoms with Crippen LogP contribution in [0.1, 0.15) is 56.0 Å². The molecule has 2 atom stereocenters. The fourth-order valence-electron chi connectivity index (χ4n) is 3.96. The second kappa shape index (κ2) is 7.59. The Labute approximate surface area is 177 Å². The van der Waals surface area contributed by atoms with Gasteiger partial charge in [-0.15, -0.1) is 0 Å². The van der Waals surface area contributed by atoms with Crippen LogP contribution in [0.3, 0.4) is 0 Å². The van der Waals surface area contributed by atoms with Gasteiger partial charge in [0.2, 0.25) is 11.9 Å². The molecule has 6 heteroatoms. The zero-order valence-corrected chi connectivity index (χ0v) is 18.2. The maximum atomic E-state index is 13.5. The number of aryl methyl sites for hydroxylation is 1. The Bertz CT molecular complexity index is 1030. The minimum absolute atomic E-state index is 0.0243. The summed E-state index contributed by atoms with van der Waals surface area (Å²) in [5, 5.41) is 4.49. The van der Waals surface area contributed by atoms with Gasteiger partial charge in [-0.25, -0.2) is 4.68 Å². The van der Waals surface area contributed by atoms with Crippen LogP contribution in [0.2, 0.25) is 0 Å². The topological polar surface area (TPSA) is 60.2 Å². The largest absolute Gasteiger partial charge is 0.497 e. The first kappa shape index (κ1) is 20.1. The quantitative estimate of drug-likeness (QED) is 0.634. The molecule has 0 saturated heterocycles. The van der Waals surface area contributed by atoms with E-state index in [1.165, 1.54) is 11.9 Å². The highest BCUT2D eigenvalue weighted by molar-refractivity contribution is 5.96. The number of carbonyl (C=O) groups is 1. The number of hydrogen-bond acceptors (Lipinski definition) is 4. The predicted molar refractivity (Wildman–Crippen MR) is 117 cm³/mol. The number of amides is 1. The van der Waals surface area contributed by atoms with Gasteiger partial charge in [0.25, 0.3) is 0 Å². The van der Waals surface area contributed by atoms with Gasteiger partial charge >= 0.3 is 0 Å². The highest BCUT2D eigenvalue weighted by Crippen LogP contribution is 2.43. The number of hydrogen-bond donors (Lipinski definition) is 0. The summed E-state index contributed by atoms with van der Waals surface area (Å²) in [6.07, 6.45) is 2.25. The summed E-state index contributed by atoms with van der Waals surface area (Å²) in [5.74, 6) is 1.44. The number of methoxy groups -OCH3 is 1. The highest BCUT2D eigenvalue weighted by Gasteiger charge is 2.42. The van der Waals surface area contributed by atoms with Gasteiger partial charge in [0.05, 0.1) is 19.2 Å². The molecular formula is C24H28N4O2. The van der Waals surface area contributed by atoms with Crippen molar-refractivity contribution >= 4 is 11.9 Å². The van der Waals surface area contributed by atoms with E-state index in [0.29, 0.717) is 12.4 Å². The number of rotatable bonds is 3. The van der Waals surface area contributed by atoms with Gasteiger partial charge < -0.3 is 4.74 Å². The maximum Gasteiger partial charge on any atom is 0.235 e. The van der Waals surface area contributed by atoms with E-state index in [-0.39, 0.29) is 18.0 Å². The summed E-state index contributed by atoms with van der Waals surface area (Å²) in [6, 6.07) is 16.3. The second-order valence-corrected chi connectivity index (χ2v) is 8.88. The lowest BCUT2D eigenvalue weighted by Crippen LogP contribution is -2.47. The first-order valence-corrected chi connectivity index (χ1v) is 10.2. The predicted octanol–water partition coefficient (Wildman–Crippen LogP) is 4.71. The molecule has 0 aliphatic carbocycles. The maximum absolute atomic E-state index is 13.5. The average Bonchev–Trinajstić information content (AvgIpc) is 3.22. The van der Waals surface area contributed by atoms with Crippen LogP contribution in [0.15, 0.2) is 54.9 Å². The van der Waals surface area contributed by atoms with Gasteiger partial charge in [0.15, 0.2) is 0 Å². The van der Waals surface area contributed by atoms with Crippen molar-refractivity contribution in [2.75, 3.05) is 12.0 Å². The highest BCUT2D eigenvalue weighted by atomic mass is 16.5. The minimum Gasteiger partial charge on any atom is -0.497 e. The normalized spacial score (nSPS) is 18.8. The van der Waals surface area contributed by atoms with Crippen LogP contribution in [-0.4, -0.2) is 27.8 Å². The monoisotopic (exact) mass is 404 g/mol. The van der Waals surface area contributed by atoms with E-state index in [0.717, 1.165) is 16.9 Å². The molecule has 0 unspecified atom stereocenters. The molecule has 156 valence electrons. The van der Waals surface area contributed by atoms with Crippen LogP contribution in [0, 0.1) is 12.3 Å². The van der Waals surface area contributed by atoms with Crippen molar-refractivity contribution in [2.24, 2.45) is 5.41 Å². The molecule has 2 aromatic carbocycles. The number of aromatic nitrogens is 3. The number of nitrogens with zero attached hydrogens (tertiary/aromatic N) is 4. The zero-order valence-electron chi connectivity index (χ0n) is 18.2. The van der Waals surface area contributed by atoms with Crippen LogP contribution < -0.4 is 9.64 Å². The van der Waals surface area contributed by atoms with Crippen LogP contribution in [0.4, 0.5) is 5.95 Å². The number of fused-ring (bicyclic) bond motifs is 1. The van der Waals surface area contributed by atoms with E-state index >= 15 is 0 Å². The van der Waals surface area contributed by atoms with Gasteiger partial charge in [-0.05, 0) is 36.6 Å². The molecule has 0 radical (unpaired) electrons. The Morgan fingerprint density at radius 1 is 1.00 bits per heavy atom. The molecule has 1 aromatic heterocycles. The molecule has 4 rings (SSSR count). The van der Waals surface area contributed by atoms with E-state index in [1.807, 2.05) is 42.5 Å². The fraction of sp³-hybridized carbons (Fsp3) is 0.375. The summed E-state index contributed by atoms with van der Waals surface area (Å²) >= 11 is 0.